The summed E-state index contributed by atoms with van der Waals surface area (Å²) < 4.78 is 0. The lowest BCUT2D eigenvalue weighted by molar-refractivity contribution is -0.122. The molecule has 1 fully saturated rings. The molecule has 0 spiro atoms. The largest absolute Gasteiger partial charge is 0.349 e. The first-order valence-electron chi connectivity index (χ1n) is 6.71. The van der Waals surface area contributed by atoms with Crippen LogP contribution in [0, 0.1) is 5.92 Å². The number of rotatable bonds is 9. The van der Waals surface area contributed by atoms with E-state index in [1.807, 2.05) is 11.8 Å². The highest BCUT2D eigenvalue weighted by molar-refractivity contribution is 7.99. The molecule has 0 aromatic rings. The molecule has 0 bridgehead atoms. The monoisotopic (exact) mass is 258 g/mol. The van der Waals surface area contributed by atoms with Crippen LogP contribution in [0.15, 0.2) is 0 Å². The summed E-state index contributed by atoms with van der Waals surface area (Å²) in [5.41, 5.74) is 5.61. The van der Waals surface area contributed by atoms with Gasteiger partial charge in [0.25, 0.3) is 0 Å². The van der Waals surface area contributed by atoms with Crippen molar-refractivity contribution in [3.8, 4) is 0 Å². The van der Waals surface area contributed by atoms with Gasteiger partial charge in [-0.15, -0.1) is 0 Å². The predicted octanol–water partition coefficient (Wildman–Crippen LogP) is 2.15. The fourth-order valence-corrected chi connectivity index (χ4v) is 2.96. The van der Waals surface area contributed by atoms with Gasteiger partial charge in [0.1, 0.15) is 0 Å². The van der Waals surface area contributed by atoms with Crippen LogP contribution in [0.3, 0.4) is 0 Å². The van der Waals surface area contributed by atoms with Gasteiger partial charge in [-0.1, -0.05) is 13.3 Å². The van der Waals surface area contributed by atoms with E-state index in [1.165, 1.54) is 31.4 Å². The quantitative estimate of drug-likeness (QED) is 0.623. The number of hydrogen-bond acceptors (Lipinski definition) is 3. The molecule has 0 saturated heterocycles. The zero-order valence-corrected chi connectivity index (χ0v) is 11.9. The lowest BCUT2D eigenvalue weighted by Crippen LogP contribution is -2.53. The van der Waals surface area contributed by atoms with E-state index in [4.69, 9.17) is 5.73 Å². The van der Waals surface area contributed by atoms with Crippen LogP contribution >= 0.6 is 11.8 Å². The van der Waals surface area contributed by atoms with Crippen LogP contribution in [0.25, 0.3) is 0 Å². The molecule has 1 atom stereocenters. The van der Waals surface area contributed by atoms with Crippen LogP contribution in [0.5, 0.6) is 0 Å². The maximum absolute atomic E-state index is 11.8. The van der Waals surface area contributed by atoms with Gasteiger partial charge < -0.3 is 11.1 Å². The first-order valence-corrected chi connectivity index (χ1v) is 7.86. The van der Waals surface area contributed by atoms with E-state index in [1.54, 1.807) is 0 Å². The Kier molecular flexibility index (Phi) is 6.34. The maximum Gasteiger partial charge on any atom is 0.221 e. The number of hydrogen-bond donors (Lipinski definition) is 2. The SMILES string of the molecule is CCCCSCCC(=O)NC(C)(CN)C1CC1. The van der Waals surface area contributed by atoms with Crippen molar-refractivity contribution in [3.63, 3.8) is 0 Å². The molecule has 0 aromatic carbocycles. The summed E-state index contributed by atoms with van der Waals surface area (Å²) in [6, 6.07) is 0. The Morgan fingerprint density at radius 1 is 1.47 bits per heavy atom. The van der Waals surface area contributed by atoms with Gasteiger partial charge in [-0.2, -0.15) is 11.8 Å². The van der Waals surface area contributed by atoms with E-state index in [9.17, 15) is 4.79 Å². The molecule has 0 aromatic heterocycles. The minimum Gasteiger partial charge on any atom is -0.349 e. The first kappa shape index (κ1) is 14.8. The highest BCUT2D eigenvalue weighted by atomic mass is 32.2. The number of nitrogens with one attached hydrogen (secondary N) is 1. The lowest BCUT2D eigenvalue weighted by Gasteiger charge is -2.29. The molecule has 1 unspecified atom stereocenters. The second-order valence-corrected chi connectivity index (χ2v) is 6.38. The average molecular weight is 258 g/mol. The molecule has 0 aliphatic heterocycles. The second-order valence-electron chi connectivity index (χ2n) is 5.16. The van der Waals surface area contributed by atoms with E-state index in [0.717, 1.165) is 5.75 Å². The van der Waals surface area contributed by atoms with Crippen molar-refractivity contribution >= 4 is 17.7 Å². The molecule has 0 radical (unpaired) electrons. The van der Waals surface area contributed by atoms with Gasteiger partial charge in [-0.25, -0.2) is 0 Å². The van der Waals surface area contributed by atoms with Gasteiger partial charge in [0.05, 0.1) is 5.54 Å². The van der Waals surface area contributed by atoms with Crippen molar-refractivity contribution in [2.75, 3.05) is 18.1 Å². The van der Waals surface area contributed by atoms with Gasteiger partial charge in [-0.3, -0.25) is 4.79 Å². The summed E-state index contributed by atoms with van der Waals surface area (Å²) in [6.07, 6.45) is 5.51. The summed E-state index contributed by atoms with van der Waals surface area (Å²) in [5, 5.41) is 3.12. The molecule has 1 saturated carbocycles. The third-order valence-corrected chi connectivity index (χ3v) is 4.51. The van der Waals surface area contributed by atoms with Gasteiger partial charge in [0, 0.05) is 18.7 Å². The average Bonchev–Trinajstić information content (AvgIpc) is 3.12. The van der Waals surface area contributed by atoms with Crippen LogP contribution in [0.4, 0.5) is 0 Å². The summed E-state index contributed by atoms with van der Waals surface area (Å²) >= 11 is 1.87. The van der Waals surface area contributed by atoms with Crippen LogP contribution in [-0.2, 0) is 4.79 Å². The Hall–Kier alpha value is -0.220. The molecular formula is C13H26N2OS. The molecule has 1 aliphatic carbocycles. The zero-order chi connectivity index (χ0) is 12.7. The third-order valence-electron chi connectivity index (χ3n) is 3.44. The Morgan fingerprint density at radius 2 is 2.18 bits per heavy atom. The maximum atomic E-state index is 11.8. The summed E-state index contributed by atoms with van der Waals surface area (Å²) in [7, 11) is 0. The first-order chi connectivity index (χ1) is 8.12. The Morgan fingerprint density at radius 3 is 2.71 bits per heavy atom. The number of thioether (sulfide) groups is 1. The van der Waals surface area contributed by atoms with Crippen molar-refractivity contribution in [3.05, 3.63) is 0 Å². The van der Waals surface area contributed by atoms with Gasteiger partial charge in [0.15, 0.2) is 0 Å². The normalized spacial score (nSPS) is 18.8. The molecule has 1 rings (SSSR count). The predicted molar refractivity (Wildman–Crippen MR) is 75.2 cm³/mol. The molecule has 17 heavy (non-hydrogen) atoms. The highest BCUT2D eigenvalue weighted by Crippen LogP contribution is 2.38. The topological polar surface area (TPSA) is 55.1 Å². The molecular weight excluding hydrogens is 232 g/mol. The van der Waals surface area contributed by atoms with Gasteiger partial charge >= 0.3 is 0 Å². The second kappa shape index (κ2) is 7.27. The van der Waals surface area contributed by atoms with Crippen LogP contribution in [0.1, 0.15) is 46.0 Å². The van der Waals surface area contributed by atoms with Crippen LogP contribution < -0.4 is 11.1 Å². The third kappa shape index (κ3) is 5.30. The Bertz CT molecular complexity index is 244. The minimum atomic E-state index is -0.162. The van der Waals surface area contributed by atoms with Crippen molar-refractivity contribution < 1.29 is 4.79 Å². The number of carbonyl (C=O) groups is 1. The summed E-state index contributed by atoms with van der Waals surface area (Å²) in [6.45, 7) is 4.81. The van der Waals surface area contributed by atoms with Crippen LogP contribution in [-0.4, -0.2) is 29.5 Å². The molecule has 3 N–H and O–H groups in total. The van der Waals surface area contributed by atoms with E-state index < -0.39 is 0 Å². The summed E-state index contributed by atoms with van der Waals surface area (Å²) in [5.74, 6) is 2.86. The Balaban J connectivity index is 2.15. The lowest BCUT2D eigenvalue weighted by atomic mass is 9.96. The Labute approximate surface area is 109 Å². The fourth-order valence-electron chi connectivity index (χ4n) is 1.93. The van der Waals surface area contributed by atoms with E-state index in [-0.39, 0.29) is 11.4 Å². The number of nitrogens with two attached hydrogens (primary N) is 1. The molecule has 100 valence electrons. The summed E-state index contributed by atoms with van der Waals surface area (Å²) in [4.78, 5) is 11.8. The van der Waals surface area contributed by atoms with Gasteiger partial charge in [0.2, 0.25) is 5.91 Å². The fraction of sp³-hybridized carbons (Fsp3) is 0.923. The molecule has 4 heteroatoms. The molecule has 0 heterocycles. The standard InChI is InChI=1S/C13H26N2OS/c1-3-4-8-17-9-7-12(16)15-13(2,10-14)11-5-6-11/h11H,3-10,14H2,1-2H3,(H,15,16). The van der Waals surface area contributed by atoms with E-state index in [0.29, 0.717) is 18.9 Å². The smallest absolute Gasteiger partial charge is 0.221 e. The minimum absolute atomic E-state index is 0.161. The van der Waals surface area contributed by atoms with Crippen LogP contribution in [0.2, 0.25) is 0 Å². The highest BCUT2D eigenvalue weighted by Gasteiger charge is 2.41. The number of unbranched alkanes of at least 4 members (excludes halogenated alkanes) is 1. The molecule has 1 amide bonds. The van der Waals surface area contributed by atoms with E-state index >= 15 is 0 Å². The number of amides is 1. The van der Waals surface area contributed by atoms with E-state index in [2.05, 4.69) is 19.2 Å². The molecule has 3 nitrogen and oxygen atoms in total. The van der Waals surface area contributed by atoms with Crippen molar-refractivity contribution in [2.45, 2.75) is 51.5 Å². The molecule has 1 aliphatic rings. The van der Waals surface area contributed by atoms with Crippen molar-refractivity contribution in [1.29, 1.82) is 0 Å². The van der Waals surface area contributed by atoms with Crippen molar-refractivity contribution in [2.24, 2.45) is 11.7 Å². The van der Waals surface area contributed by atoms with Gasteiger partial charge in [-0.05, 0) is 37.9 Å². The number of carbonyl (C=O) groups excluding carboxylic acids is 1. The van der Waals surface area contributed by atoms with Crippen molar-refractivity contribution in [1.82, 2.24) is 5.32 Å². The zero-order valence-electron chi connectivity index (χ0n) is 11.1.